The van der Waals surface area contributed by atoms with E-state index in [9.17, 15) is 22.8 Å². The highest BCUT2D eigenvalue weighted by Gasteiger charge is 2.31. The second-order valence-corrected chi connectivity index (χ2v) is 7.37. The normalized spacial score (nSPS) is 11.3. The van der Waals surface area contributed by atoms with E-state index in [1.165, 1.54) is 19.2 Å². The minimum absolute atomic E-state index is 0.129. The number of benzene rings is 2. The Morgan fingerprint density at radius 2 is 1.94 bits per heavy atom. The third kappa shape index (κ3) is 5.16. The van der Waals surface area contributed by atoms with E-state index in [2.05, 4.69) is 10.4 Å². The van der Waals surface area contributed by atoms with Gasteiger partial charge in [-0.1, -0.05) is 29.8 Å². The number of nitrogens with one attached hydrogen (secondary N) is 1. The second-order valence-electron chi connectivity index (χ2n) is 7.37. The van der Waals surface area contributed by atoms with Crippen molar-refractivity contribution in [2.24, 2.45) is 7.05 Å². The number of aryl methyl sites for hydroxylation is 3. The van der Waals surface area contributed by atoms with E-state index in [0.29, 0.717) is 19.3 Å². The van der Waals surface area contributed by atoms with Crippen molar-refractivity contribution in [2.45, 2.75) is 26.4 Å². The maximum absolute atomic E-state index is 13.0. The highest BCUT2D eigenvalue weighted by molar-refractivity contribution is 6.02. The molecule has 0 bridgehead atoms. The molecule has 0 radical (unpaired) electrons. The van der Waals surface area contributed by atoms with Gasteiger partial charge in [0.2, 0.25) is 5.88 Å². The van der Waals surface area contributed by atoms with E-state index in [-0.39, 0.29) is 22.9 Å². The van der Waals surface area contributed by atoms with Gasteiger partial charge in [0.15, 0.2) is 6.29 Å². The van der Waals surface area contributed by atoms with E-state index in [4.69, 9.17) is 4.74 Å². The Morgan fingerprint density at radius 1 is 1.19 bits per heavy atom. The van der Waals surface area contributed by atoms with Crippen LogP contribution < -0.4 is 10.1 Å². The number of hydrogen-bond acceptors (Lipinski definition) is 4. The van der Waals surface area contributed by atoms with Gasteiger partial charge in [-0.15, -0.1) is 0 Å². The maximum atomic E-state index is 13.0. The average Bonchev–Trinajstić information content (AvgIpc) is 3.04. The minimum Gasteiger partial charge on any atom is -0.438 e. The Morgan fingerprint density at radius 3 is 2.59 bits per heavy atom. The molecule has 1 amide bonds. The summed E-state index contributed by atoms with van der Waals surface area (Å²) in [6, 6.07) is 10.3. The van der Waals surface area contributed by atoms with Crippen molar-refractivity contribution >= 4 is 12.2 Å². The quantitative estimate of drug-likeness (QED) is 0.538. The zero-order valence-electron chi connectivity index (χ0n) is 17.8. The largest absolute Gasteiger partial charge is 0.438 e. The summed E-state index contributed by atoms with van der Waals surface area (Å²) < 4.78 is 45.7. The number of halogens is 3. The molecular weight excluding hydrogens is 423 g/mol. The molecule has 9 heteroatoms. The van der Waals surface area contributed by atoms with Crippen LogP contribution in [-0.4, -0.2) is 28.5 Å². The molecule has 0 atom stereocenters. The van der Waals surface area contributed by atoms with Gasteiger partial charge in [-0.05, 0) is 49.6 Å². The number of aldehydes is 1. The van der Waals surface area contributed by atoms with Crippen LogP contribution in [0, 0.1) is 13.8 Å². The van der Waals surface area contributed by atoms with E-state index in [1.54, 1.807) is 0 Å². The average molecular weight is 445 g/mol. The van der Waals surface area contributed by atoms with Crippen LogP contribution in [-0.2, 0) is 19.6 Å². The SMILES string of the molecule is Cc1ccc(CCNC(=O)c2c(C=O)nn(C)c2Oc2cccc(C(F)(F)F)c2)c(C)c1. The van der Waals surface area contributed by atoms with Gasteiger partial charge in [0, 0.05) is 13.6 Å². The lowest BCUT2D eigenvalue weighted by Crippen LogP contribution is -2.27. The molecule has 168 valence electrons. The molecule has 1 N–H and O–H groups in total. The first-order chi connectivity index (χ1) is 15.1. The Kier molecular flexibility index (Phi) is 6.67. The van der Waals surface area contributed by atoms with Crippen LogP contribution in [0.1, 0.15) is 43.1 Å². The first-order valence-electron chi connectivity index (χ1n) is 9.81. The van der Waals surface area contributed by atoms with Gasteiger partial charge in [0.25, 0.3) is 5.91 Å². The van der Waals surface area contributed by atoms with Crippen molar-refractivity contribution in [3.63, 3.8) is 0 Å². The Hall–Kier alpha value is -3.62. The van der Waals surface area contributed by atoms with Crippen LogP contribution in [0.25, 0.3) is 0 Å². The summed E-state index contributed by atoms with van der Waals surface area (Å²) in [4.78, 5) is 24.3. The van der Waals surface area contributed by atoms with Crippen molar-refractivity contribution in [2.75, 3.05) is 6.54 Å². The van der Waals surface area contributed by atoms with Crippen LogP contribution in [0.2, 0.25) is 0 Å². The summed E-state index contributed by atoms with van der Waals surface area (Å²) in [6.45, 7) is 4.27. The van der Waals surface area contributed by atoms with Gasteiger partial charge in [0.05, 0.1) is 5.56 Å². The van der Waals surface area contributed by atoms with Crippen LogP contribution in [0.5, 0.6) is 11.6 Å². The van der Waals surface area contributed by atoms with Crippen LogP contribution in [0.15, 0.2) is 42.5 Å². The maximum Gasteiger partial charge on any atom is 0.416 e. The van der Waals surface area contributed by atoms with E-state index in [1.807, 2.05) is 32.0 Å². The number of hydrogen-bond donors (Lipinski definition) is 1. The van der Waals surface area contributed by atoms with Crippen molar-refractivity contribution in [1.82, 2.24) is 15.1 Å². The Balaban J connectivity index is 1.80. The lowest BCUT2D eigenvalue weighted by Gasteiger charge is -2.12. The van der Waals surface area contributed by atoms with Gasteiger partial charge in [0.1, 0.15) is 17.0 Å². The molecule has 3 rings (SSSR count). The predicted molar refractivity (Wildman–Crippen MR) is 112 cm³/mol. The summed E-state index contributed by atoms with van der Waals surface area (Å²) in [7, 11) is 1.43. The molecule has 0 spiro atoms. The van der Waals surface area contributed by atoms with Gasteiger partial charge in [-0.3, -0.25) is 9.59 Å². The number of alkyl halides is 3. The van der Waals surface area contributed by atoms with E-state index >= 15 is 0 Å². The predicted octanol–water partition coefficient (Wildman–Crippen LogP) is 4.63. The third-order valence-corrected chi connectivity index (χ3v) is 4.91. The number of carbonyl (C=O) groups excluding carboxylic acids is 2. The van der Waals surface area contributed by atoms with Gasteiger partial charge in [-0.25, -0.2) is 4.68 Å². The van der Waals surface area contributed by atoms with Crippen molar-refractivity contribution < 1.29 is 27.5 Å². The fourth-order valence-corrected chi connectivity index (χ4v) is 3.31. The third-order valence-electron chi connectivity index (χ3n) is 4.91. The van der Waals surface area contributed by atoms with Crippen molar-refractivity contribution in [3.05, 3.63) is 76.0 Å². The number of rotatable bonds is 7. The van der Waals surface area contributed by atoms with Crippen LogP contribution >= 0.6 is 0 Å². The van der Waals surface area contributed by atoms with Crippen molar-refractivity contribution in [3.8, 4) is 11.6 Å². The van der Waals surface area contributed by atoms with E-state index in [0.717, 1.165) is 33.5 Å². The van der Waals surface area contributed by atoms with Gasteiger partial charge in [-0.2, -0.15) is 18.3 Å². The fraction of sp³-hybridized carbons (Fsp3) is 0.261. The monoisotopic (exact) mass is 445 g/mol. The lowest BCUT2D eigenvalue weighted by atomic mass is 10.0. The van der Waals surface area contributed by atoms with Gasteiger partial charge >= 0.3 is 6.18 Å². The molecular formula is C23H22F3N3O3. The first kappa shape index (κ1) is 23.1. The first-order valence-corrected chi connectivity index (χ1v) is 9.81. The molecule has 0 aliphatic carbocycles. The summed E-state index contributed by atoms with van der Waals surface area (Å²) in [5, 5.41) is 6.68. The summed E-state index contributed by atoms with van der Waals surface area (Å²) in [5.41, 5.74) is 2.10. The second kappa shape index (κ2) is 9.25. The number of aromatic nitrogens is 2. The number of amides is 1. The van der Waals surface area contributed by atoms with Crippen LogP contribution in [0.4, 0.5) is 13.2 Å². The molecule has 3 aromatic rings. The molecule has 0 saturated carbocycles. The Labute approximate surface area is 183 Å². The molecule has 2 aromatic carbocycles. The standard InChI is InChI=1S/C23H22F3N3O3/c1-14-7-8-16(15(2)11-14)9-10-27-21(31)20-19(13-30)28-29(3)22(20)32-18-6-4-5-17(12-18)23(24,25)26/h4-8,11-13H,9-10H2,1-3H3,(H,27,31). The lowest BCUT2D eigenvalue weighted by molar-refractivity contribution is -0.137. The highest BCUT2D eigenvalue weighted by Crippen LogP contribution is 2.33. The van der Waals surface area contributed by atoms with E-state index < -0.39 is 17.6 Å². The molecule has 0 unspecified atom stereocenters. The summed E-state index contributed by atoms with van der Waals surface area (Å²) >= 11 is 0. The number of ether oxygens (including phenoxy) is 1. The zero-order chi connectivity index (χ0) is 23.5. The molecule has 0 saturated heterocycles. The van der Waals surface area contributed by atoms with Gasteiger partial charge < -0.3 is 10.1 Å². The highest BCUT2D eigenvalue weighted by atomic mass is 19.4. The van der Waals surface area contributed by atoms with Crippen LogP contribution in [0.3, 0.4) is 0 Å². The molecule has 0 aliphatic heterocycles. The molecule has 1 aromatic heterocycles. The smallest absolute Gasteiger partial charge is 0.416 e. The zero-order valence-corrected chi connectivity index (χ0v) is 17.8. The minimum atomic E-state index is -4.55. The molecule has 0 fully saturated rings. The fourth-order valence-electron chi connectivity index (χ4n) is 3.31. The number of carbonyl (C=O) groups is 2. The molecule has 32 heavy (non-hydrogen) atoms. The molecule has 1 heterocycles. The Bertz CT molecular complexity index is 1150. The summed E-state index contributed by atoms with van der Waals surface area (Å²) in [5.74, 6) is -0.869. The summed E-state index contributed by atoms with van der Waals surface area (Å²) in [6.07, 6.45) is -3.58. The van der Waals surface area contributed by atoms with Crippen molar-refractivity contribution in [1.29, 1.82) is 0 Å². The number of nitrogens with zero attached hydrogens (tertiary/aromatic N) is 2. The topological polar surface area (TPSA) is 73.2 Å². The molecule has 6 nitrogen and oxygen atoms in total. The molecule has 0 aliphatic rings.